The molecule has 0 aromatic heterocycles. The molecular formula is C39H51NO4. The smallest absolute Gasteiger partial charge is 0.161 e. The molecule has 0 N–H and O–H groups in total. The van der Waals surface area contributed by atoms with Crippen molar-refractivity contribution in [3.05, 3.63) is 48.0 Å². The SMILES string of the molecule is CCCCCOc1cc2c3ccc(C#N)cc3c3cc(OCCCCC)c(OCCCCC)cc3c2cc1OCCCCC. The first-order valence-electron chi connectivity index (χ1n) is 17.1. The molecule has 5 nitrogen and oxygen atoms in total. The van der Waals surface area contributed by atoms with E-state index >= 15 is 0 Å². The van der Waals surface area contributed by atoms with E-state index in [2.05, 4.69) is 64.1 Å². The van der Waals surface area contributed by atoms with Crippen LogP contribution in [0.15, 0.2) is 42.5 Å². The summed E-state index contributed by atoms with van der Waals surface area (Å²) in [5, 5.41) is 16.2. The van der Waals surface area contributed by atoms with Crippen molar-refractivity contribution in [3.8, 4) is 29.1 Å². The maximum absolute atomic E-state index is 9.80. The van der Waals surface area contributed by atoms with Crippen LogP contribution in [0.4, 0.5) is 0 Å². The van der Waals surface area contributed by atoms with Crippen LogP contribution in [-0.2, 0) is 0 Å². The van der Waals surface area contributed by atoms with Gasteiger partial charge in [-0.05, 0) is 94.4 Å². The Hall–Kier alpha value is -3.65. The maximum atomic E-state index is 9.80. The Balaban J connectivity index is 1.92. The number of rotatable bonds is 20. The molecule has 0 aliphatic carbocycles. The van der Waals surface area contributed by atoms with E-state index in [9.17, 15) is 5.26 Å². The maximum Gasteiger partial charge on any atom is 0.161 e. The summed E-state index contributed by atoms with van der Waals surface area (Å²) in [5.41, 5.74) is 0.635. The molecule has 0 fully saturated rings. The average molecular weight is 598 g/mol. The van der Waals surface area contributed by atoms with Crippen molar-refractivity contribution < 1.29 is 18.9 Å². The van der Waals surface area contributed by atoms with Gasteiger partial charge in [0, 0.05) is 0 Å². The standard InChI is InChI=1S/C39H51NO4/c1-5-9-13-19-41-36-24-32-30-18-17-29(28-40)23-31(30)33-25-37(42-20-14-10-6-2)39(44-22-16-12-8-4)27-35(33)34(32)26-38(36)43-21-15-11-7-3/h17-18,23-27H,5-16,19-22H2,1-4H3. The van der Waals surface area contributed by atoms with Crippen LogP contribution in [0.2, 0.25) is 0 Å². The van der Waals surface area contributed by atoms with Crippen molar-refractivity contribution in [1.29, 1.82) is 5.26 Å². The Labute approximate surface area is 264 Å². The summed E-state index contributed by atoms with van der Waals surface area (Å²) in [7, 11) is 0. The number of nitrogens with zero attached hydrogens (tertiary/aromatic N) is 1. The summed E-state index contributed by atoms with van der Waals surface area (Å²) in [4.78, 5) is 0. The van der Waals surface area contributed by atoms with E-state index < -0.39 is 0 Å². The van der Waals surface area contributed by atoms with Crippen LogP contribution in [0.25, 0.3) is 32.3 Å². The molecule has 0 unspecified atom stereocenters. The molecule has 0 aliphatic heterocycles. The molecule has 0 heterocycles. The molecule has 4 aromatic rings. The van der Waals surface area contributed by atoms with E-state index in [1.807, 2.05) is 12.1 Å². The Kier molecular flexibility index (Phi) is 13.3. The number of hydrogen-bond donors (Lipinski definition) is 0. The van der Waals surface area contributed by atoms with Gasteiger partial charge in [0.05, 0.1) is 38.1 Å². The molecule has 4 aromatic carbocycles. The zero-order chi connectivity index (χ0) is 31.1. The molecular weight excluding hydrogens is 546 g/mol. The van der Waals surface area contributed by atoms with Crippen LogP contribution in [0.5, 0.6) is 23.0 Å². The third-order valence-corrected chi connectivity index (χ3v) is 8.21. The van der Waals surface area contributed by atoms with E-state index in [0.717, 1.165) is 132 Å². The van der Waals surface area contributed by atoms with Gasteiger partial charge in [0.2, 0.25) is 0 Å². The van der Waals surface area contributed by atoms with Gasteiger partial charge in [-0.1, -0.05) is 85.1 Å². The molecule has 0 aliphatic rings. The van der Waals surface area contributed by atoms with Crippen molar-refractivity contribution in [2.45, 2.75) is 105 Å². The third kappa shape index (κ3) is 8.50. The Morgan fingerprint density at radius 3 is 1.07 bits per heavy atom. The van der Waals surface area contributed by atoms with E-state index in [-0.39, 0.29) is 0 Å². The van der Waals surface area contributed by atoms with E-state index in [4.69, 9.17) is 18.9 Å². The quantitative estimate of drug-likeness (QED) is 0.0749. The van der Waals surface area contributed by atoms with E-state index in [0.29, 0.717) is 32.0 Å². The number of benzene rings is 4. The largest absolute Gasteiger partial charge is 0.490 e. The summed E-state index contributed by atoms with van der Waals surface area (Å²) in [5.74, 6) is 3.10. The van der Waals surface area contributed by atoms with Gasteiger partial charge < -0.3 is 18.9 Å². The molecule has 0 bridgehead atoms. The van der Waals surface area contributed by atoms with Gasteiger partial charge in [-0.25, -0.2) is 0 Å². The molecule has 0 amide bonds. The second-order valence-electron chi connectivity index (χ2n) is 11.8. The summed E-state index contributed by atoms with van der Waals surface area (Å²) in [6, 6.07) is 16.9. The number of hydrogen-bond acceptors (Lipinski definition) is 5. The van der Waals surface area contributed by atoms with Gasteiger partial charge in [0.15, 0.2) is 23.0 Å². The summed E-state index contributed by atoms with van der Waals surface area (Å²) in [6.45, 7) is 11.4. The second-order valence-corrected chi connectivity index (χ2v) is 11.8. The molecule has 0 saturated heterocycles. The lowest BCUT2D eigenvalue weighted by molar-refractivity contribution is 0.260. The monoisotopic (exact) mass is 597 g/mol. The minimum absolute atomic E-state index is 0.635. The van der Waals surface area contributed by atoms with Crippen LogP contribution in [-0.4, -0.2) is 26.4 Å². The highest BCUT2D eigenvalue weighted by Gasteiger charge is 2.18. The van der Waals surface area contributed by atoms with Gasteiger partial charge in [-0.3, -0.25) is 0 Å². The topological polar surface area (TPSA) is 60.7 Å². The predicted octanol–water partition coefficient (Wildman–Crippen LogP) is 11.3. The second kappa shape index (κ2) is 17.6. The summed E-state index contributed by atoms with van der Waals surface area (Å²) >= 11 is 0. The summed E-state index contributed by atoms with van der Waals surface area (Å²) in [6.07, 6.45) is 13.1. The van der Waals surface area contributed by atoms with Crippen LogP contribution in [0, 0.1) is 11.3 Å². The minimum atomic E-state index is 0.635. The number of ether oxygens (including phenoxy) is 4. The Bertz CT molecular complexity index is 1540. The van der Waals surface area contributed by atoms with Gasteiger partial charge in [0.1, 0.15) is 0 Å². The van der Waals surface area contributed by atoms with Crippen LogP contribution < -0.4 is 18.9 Å². The van der Waals surface area contributed by atoms with Gasteiger partial charge in [-0.2, -0.15) is 5.26 Å². The first-order valence-corrected chi connectivity index (χ1v) is 17.1. The van der Waals surface area contributed by atoms with Crippen molar-refractivity contribution >= 4 is 32.3 Å². The zero-order valence-electron chi connectivity index (χ0n) is 27.4. The molecule has 236 valence electrons. The van der Waals surface area contributed by atoms with Gasteiger partial charge in [0.25, 0.3) is 0 Å². The zero-order valence-corrected chi connectivity index (χ0v) is 27.4. The highest BCUT2D eigenvalue weighted by Crippen LogP contribution is 2.45. The molecule has 0 spiro atoms. The minimum Gasteiger partial charge on any atom is -0.490 e. The summed E-state index contributed by atoms with van der Waals surface area (Å²) < 4.78 is 25.5. The van der Waals surface area contributed by atoms with Gasteiger partial charge >= 0.3 is 0 Å². The fourth-order valence-electron chi connectivity index (χ4n) is 5.67. The third-order valence-electron chi connectivity index (χ3n) is 8.21. The highest BCUT2D eigenvalue weighted by molar-refractivity contribution is 6.26. The number of unbranched alkanes of at least 4 members (excludes halogenated alkanes) is 8. The van der Waals surface area contributed by atoms with Crippen LogP contribution in [0.3, 0.4) is 0 Å². The number of nitriles is 1. The first kappa shape index (κ1) is 33.2. The Morgan fingerprint density at radius 1 is 0.432 bits per heavy atom. The molecule has 0 radical (unpaired) electrons. The number of fused-ring (bicyclic) bond motifs is 6. The highest BCUT2D eigenvalue weighted by atomic mass is 16.5. The predicted molar refractivity (Wildman–Crippen MR) is 184 cm³/mol. The van der Waals surface area contributed by atoms with Crippen molar-refractivity contribution in [2.75, 3.05) is 26.4 Å². The molecule has 44 heavy (non-hydrogen) atoms. The molecule has 0 atom stereocenters. The van der Waals surface area contributed by atoms with Crippen LogP contribution >= 0.6 is 0 Å². The molecule has 4 rings (SSSR count). The first-order chi connectivity index (χ1) is 21.6. The molecule has 0 saturated carbocycles. The fourth-order valence-corrected chi connectivity index (χ4v) is 5.67. The van der Waals surface area contributed by atoms with Crippen molar-refractivity contribution in [2.24, 2.45) is 0 Å². The lowest BCUT2D eigenvalue weighted by Gasteiger charge is -2.19. The van der Waals surface area contributed by atoms with Crippen molar-refractivity contribution in [3.63, 3.8) is 0 Å². The van der Waals surface area contributed by atoms with Crippen molar-refractivity contribution in [1.82, 2.24) is 0 Å². The van der Waals surface area contributed by atoms with Gasteiger partial charge in [-0.15, -0.1) is 0 Å². The van der Waals surface area contributed by atoms with E-state index in [1.54, 1.807) is 0 Å². The van der Waals surface area contributed by atoms with E-state index in [1.165, 1.54) is 0 Å². The van der Waals surface area contributed by atoms with Crippen LogP contribution in [0.1, 0.15) is 110 Å². The normalized spacial score (nSPS) is 11.2. The average Bonchev–Trinajstić information content (AvgIpc) is 3.05. The fraction of sp³-hybridized carbons (Fsp3) is 0.513. The lowest BCUT2D eigenvalue weighted by Crippen LogP contribution is -2.04. The molecule has 5 heteroatoms. The lowest BCUT2D eigenvalue weighted by atomic mass is 9.92. The Morgan fingerprint density at radius 2 is 0.750 bits per heavy atom.